The van der Waals surface area contributed by atoms with E-state index >= 15 is 0 Å². The Hall–Kier alpha value is -1.07. The summed E-state index contributed by atoms with van der Waals surface area (Å²) >= 11 is 0. The number of nitrogens with zero attached hydrogens (tertiary/aromatic N) is 2. The van der Waals surface area contributed by atoms with Crippen LogP contribution in [-0.4, -0.2) is 36.6 Å². The van der Waals surface area contributed by atoms with E-state index in [9.17, 15) is 0 Å². The van der Waals surface area contributed by atoms with E-state index < -0.39 is 0 Å². The van der Waals surface area contributed by atoms with E-state index in [0.717, 1.165) is 37.4 Å². The first-order valence-corrected chi connectivity index (χ1v) is 7.96. The Morgan fingerprint density at radius 2 is 1.95 bits per heavy atom. The molecule has 21 heavy (non-hydrogen) atoms. The van der Waals surface area contributed by atoms with Crippen LogP contribution in [0.25, 0.3) is 0 Å². The van der Waals surface area contributed by atoms with Crippen LogP contribution in [0.15, 0.2) is 6.20 Å². The molecule has 0 fully saturated rings. The summed E-state index contributed by atoms with van der Waals surface area (Å²) in [6.07, 6.45) is 4.00. The molecule has 5 nitrogen and oxygen atoms in total. The summed E-state index contributed by atoms with van der Waals surface area (Å²) in [5.74, 6) is 1.23. The molecule has 2 atom stereocenters. The van der Waals surface area contributed by atoms with Gasteiger partial charge in [-0.3, -0.25) is 4.68 Å². The number of rotatable bonds is 10. The minimum atomic E-state index is 0.0813. The molecule has 0 aliphatic carbocycles. The van der Waals surface area contributed by atoms with Gasteiger partial charge in [0.25, 0.3) is 0 Å². The van der Waals surface area contributed by atoms with Crippen molar-refractivity contribution in [1.82, 2.24) is 15.1 Å². The molecule has 0 saturated heterocycles. The Morgan fingerprint density at radius 1 is 1.24 bits per heavy atom. The molecule has 1 N–H and O–H groups in total. The van der Waals surface area contributed by atoms with Gasteiger partial charge in [-0.25, -0.2) is 0 Å². The monoisotopic (exact) mass is 297 g/mol. The summed E-state index contributed by atoms with van der Waals surface area (Å²) in [5, 5.41) is 8.09. The minimum Gasteiger partial charge on any atom is -0.493 e. The number of hydrogen-bond donors (Lipinski definition) is 1. The summed E-state index contributed by atoms with van der Waals surface area (Å²) < 4.78 is 13.3. The normalized spacial score (nSPS) is 14.4. The third kappa shape index (κ3) is 4.45. The molecule has 0 saturated carbocycles. The van der Waals surface area contributed by atoms with Crippen LogP contribution in [0.5, 0.6) is 5.75 Å². The zero-order chi connectivity index (χ0) is 15.8. The van der Waals surface area contributed by atoms with Gasteiger partial charge in [0.15, 0.2) is 5.75 Å². The predicted octanol–water partition coefficient (Wildman–Crippen LogP) is 3.01. The fourth-order valence-corrected chi connectivity index (χ4v) is 2.70. The third-order valence-electron chi connectivity index (χ3n) is 3.67. The molecule has 0 bridgehead atoms. The maximum absolute atomic E-state index is 5.77. The van der Waals surface area contributed by atoms with Gasteiger partial charge in [-0.1, -0.05) is 27.7 Å². The first-order valence-electron chi connectivity index (χ1n) is 7.96. The lowest BCUT2D eigenvalue weighted by Gasteiger charge is -2.31. The SMILES string of the molecule is CCCNC(c1c(OC)cnn1CCC)C(OC)C(C)C. The maximum Gasteiger partial charge on any atom is 0.161 e. The second-order valence-electron chi connectivity index (χ2n) is 5.70. The molecule has 1 aromatic rings. The molecule has 1 aromatic heterocycles. The molecule has 0 radical (unpaired) electrons. The molecule has 0 aliphatic rings. The maximum atomic E-state index is 5.77. The highest BCUT2D eigenvalue weighted by Crippen LogP contribution is 2.31. The Morgan fingerprint density at radius 3 is 2.43 bits per heavy atom. The topological polar surface area (TPSA) is 48.3 Å². The van der Waals surface area contributed by atoms with Crippen LogP contribution < -0.4 is 10.1 Å². The van der Waals surface area contributed by atoms with E-state index in [1.165, 1.54) is 0 Å². The molecular formula is C16H31N3O2. The Kier molecular flexibility index (Phi) is 7.75. The lowest BCUT2D eigenvalue weighted by Crippen LogP contribution is -2.38. The van der Waals surface area contributed by atoms with Crippen LogP contribution in [0.4, 0.5) is 0 Å². The smallest absolute Gasteiger partial charge is 0.161 e. The van der Waals surface area contributed by atoms with Gasteiger partial charge in [-0.15, -0.1) is 0 Å². The molecule has 122 valence electrons. The molecular weight excluding hydrogens is 266 g/mol. The molecule has 5 heteroatoms. The molecule has 2 unspecified atom stereocenters. The lowest BCUT2D eigenvalue weighted by atomic mass is 9.96. The highest BCUT2D eigenvalue weighted by molar-refractivity contribution is 5.29. The Labute approximate surface area is 129 Å². The standard InChI is InChI=1S/C16H31N3O2/c1-7-9-17-14(16(21-6)12(3)4)15-13(20-5)11-18-19(15)10-8-2/h11-12,14,16-17H,7-10H2,1-6H3. The molecule has 0 amide bonds. The molecule has 0 spiro atoms. The van der Waals surface area contributed by atoms with E-state index in [1.807, 2.05) is 4.68 Å². The summed E-state index contributed by atoms with van der Waals surface area (Å²) in [5.41, 5.74) is 1.09. The summed E-state index contributed by atoms with van der Waals surface area (Å²) in [7, 11) is 3.48. The van der Waals surface area contributed by atoms with Crippen molar-refractivity contribution in [2.75, 3.05) is 20.8 Å². The van der Waals surface area contributed by atoms with Crippen LogP contribution in [0.3, 0.4) is 0 Å². The van der Waals surface area contributed by atoms with E-state index in [1.54, 1.807) is 20.4 Å². The van der Waals surface area contributed by atoms with Gasteiger partial charge in [0, 0.05) is 13.7 Å². The van der Waals surface area contributed by atoms with Crippen molar-refractivity contribution < 1.29 is 9.47 Å². The average molecular weight is 297 g/mol. The highest BCUT2D eigenvalue weighted by Gasteiger charge is 2.31. The predicted molar refractivity (Wildman–Crippen MR) is 85.7 cm³/mol. The number of nitrogens with one attached hydrogen (secondary N) is 1. The Bertz CT molecular complexity index is 404. The zero-order valence-electron chi connectivity index (χ0n) is 14.3. The molecule has 1 heterocycles. The van der Waals surface area contributed by atoms with Gasteiger partial charge in [-0.05, 0) is 25.3 Å². The first kappa shape index (κ1) is 18.0. The highest BCUT2D eigenvalue weighted by atomic mass is 16.5. The van der Waals surface area contributed by atoms with Gasteiger partial charge in [0.05, 0.1) is 31.1 Å². The fraction of sp³-hybridized carbons (Fsp3) is 0.812. The van der Waals surface area contributed by atoms with Crippen molar-refractivity contribution in [3.63, 3.8) is 0 Å². The molecule has 1 rings (SSSR count). The third-order valence-corrected chi connectivity index (χ3v) is 3.67. The van der Waals surface area contributed by atoms with Crippen molar-refractivity contribution in [3.8, 4) is 5.75 Å². The van der Waals surface area contributed by atoms with Crippen LogP contribution in [-0.2, 0) is 11.3 Å². The lowest BCUT2D eigenvalue weighted by molar-refractivity contribution is 0.0294. The van der Waals surface area contributed by atoms with Crippen molar-refractivity contribution in [1.29, 1.82) is 0 Å². The fourth-order valence-electron chi connectivity index (χ4n) is 2.70. The van der Waals surface area contributed by atoms with Gasteiger partial charge in [0.1, 0.15) is 0 Å². The number of methoxy groups -OCH3 is 2. The minimum absolute atomic E-state index is 0.0813. The van der Waals surface area contributed by atoms with Crippen LogP contribution in [0, 0.1) is 5.92 Å². The van der Waals surface area contributed by atoms with Gasteiger partial charge >= 0.3 is 0 Å². The summed E-state index contributed by atoms with van der Waals surface area (Å²) in [4.78, 5) is 0. The second-order valence-corrected chi connectivity index (χ2v) is 5.70. The largest absolute Gasteiger partial charge is 0.493 e. The second kappa shape index (κ2) is 9.05. The molecule has 0 aromatic carbocycles. The molecule has 0 aliphatic heterocycles. The number of hydrogen-bond acceptors (Lipinski definition) is 4. The first-order chi connectivity index (χ1) is 10.1. The van der Waals surface area contributed by atoms with E-state index in [4.69, 9.17) is 9.47 Å². The summed E-state index contributed by atoms with van der Waals surface area (Å²) in [6.45, 7) is 10.5. The van der Waals surface area contributed by atoms with Crippen molar-refractivity contribution in [2.24, 2.45) is 5.92 Å². The van der Waals surface area contributed by atoms with Crippen molar-refractivity contribution in [2.45, 2.75) is 59.2 Å². The van der Waals surface area contributed by atoms with E-state index in [0.29, 0.717) is 5.92 Å². The van der Waals surface area contributed by atoms with Gasteiger partial charge in [-0.2, -0.15) is 5.10 Å². The van der Waals surface area contributed by atoms with Crippen molar-refractivity contribution in [3.05, 3.63) is 11.9 Å². The van der Waals surface area contributed by atoms with Crippen LogP contribution >= 0.6 is 0 Å². The number of aromatic nitrogens is 2. The van der Waals surface area contributed by atoms with Crippen LogP contribution in [0.2, 0.25) is 0 Å². The zero-order valence-corrected chi connectivity index (χ0v) is 14.3. The van der Waals surface area contributed by atoms with Crippen molar-refractivity contribution >= 4 is 0 Å². The Balaban J connectivity index is 3.19. The van der Waals surface area contributed by atoms with Gasteiger partial charge < -0.3 is 14.8 Å². The number of aryl methyl sites for hydroxylation is 1. The van der Waals surface area contributed by atoms with Gasteiger partial charge in [0.2, 0.25) is 0 Å². The van der Waals surface area contributed by atoms with E-state index in [2.05, 4.69) is 38.1 Å². The van der Waals surface area contributed by atoms with E-state index in [-0.39, 0.29) is 12.1 Å². The number of ether oxygens (including phenoxy) is 2. The quantitative estimate of drug-likeness (QED) is 0.721. The summed E-state index contributed by atoms with van der Waals surface area (Å²) in [6, 6.07) is 0.0824. The van der Waals surface area contributed by atoms with Crippen LogP contribution in [0.1, 0.15) is 52.3 Å². The average Bonchev–Trinajstić information content (AvgIpc) is 2.86.